The van der Waals surface area contributed by atoms with E-state index in [9.17, 15) is 4.79 Å². The lowest BCUT2D eigenvalue weighted by Crippen LogP contribution is -2.39. The van der Waals surface area contributed by atoms with Gasteiger partial charge in [-0.1, -0.05) is 0 Å². The molecule has 0 aromatic heterocycles. The van der Waals surface area contributed by atoms with Gasteiger partial charge in [0, 0.05) is 25.0 Å². The van der Waals surface area contributed by atoms with Crippen LogP contribution in [0.15, 0.2) is 0 Å². The molecule has 0 spiro atoms. The van der Waals surface area contributed by atoms with E-state index < -0.39 is 17.3 Å². The number of hydrogen-bond donors (Lipinski definition) is 1. The summed E-state index contributed by atoms with van der Waals surface area (Å²) in [5.41, 5.74) is 4.55. The summed E-state index contributed by atoms with van der Waals surface area (Å²) < 4.78 is 22.6. The topological polar surface area (TPSA) is 80.0 Å². The maximum Gasteiger partial charge on any atom is 0.509 e. The van der Waals surface area contributed by atoms with Crippen LogP contribution in [0.25, 0.3) is 0 Å². The lowest BCUT2D eigenvalue weighted by Gasteiger charge is -2.34. The number of rotatable bonds is 12. The summed E-state index contributed by atoms with van der Waals surface area (Å²) in [7, 11) is 0. The molecule has 0 heterocycles. The average molecular weight is 390 g/mol. The monoisotopic (exact) mass is 389 g/mol. The van der Waals surface area contributed by atoms with Crippen LogP contribution in [0, 0.1) is 0 Å². The predicted molar refractivity (Wildman–Crippen MR) is 109 cm³/mol. The zero-order chi connectivity index (χ0) is 21.5. The van der Waals surface area contributed by atoms with Crippen LogP contribution in [0.1, 0.15) is 88.5 Å². The van der Waals surface area contributed by atoms with Crippen molar-refractivity contribution in [3.63, 3.8) is 0 Å². The van der Waals surface area contributed by atoms with E-state index in [-0.39, 0.29) is 23.9 Å². The van der Waals surface area contributed by atoms with Gasteiger partial charge in [-0.2, -0.15) is 0 Å². The Kier molecular flexibility index (Phi) is 10.3. The molecule has 0 rings (SSSR count). The third-order valence-corrected chi connectivity index (χ3v) is 3.93. The second-order valence-corrected chi connectivity index (χ2v) is 9.79. The van der Waals surface area contributed by atoms with E-state index in [1.807, 2.05) is 69.2 Å². The largest absolute Gasteiger partial charge is 0.509 e. The van der Waals surface area contributed by atoms with Crippen molar-refractivity contribution in [3.05, 3.63) is 0 Å². The number of carbonyl (C=O) groups excluding carboxylic acids is 1. The van der Waals surface area contributed by atoms with Crippen LogP contribution < -0.4 is 5.73 Å². The Balaban J connectivity index is 4.44. The van der Waals surface area contributed by atoms with Gasteiger partial charge >= 0.3 is 6.16 Å². The minimum Gasteiger partial charge on any atom is -0.431 e. The number of ether oxygens (including phenoxy) is 4. The first-order chi connectivity index (χ1) is 12.0. The average Bonchev–Trinajstić information content (AvgIpc) is 2.31. The zero-order valence-corrected chi connectivity index (χ0v) is 19.2. The molecule has 0 aromatic carbocycles. The minimum atomic E-state index is -0.695. The third kappa shape index (κ3) is 14.8. The lowest BCUT2D eigenvalue weighted by atomic mass is 9.99. The van der Waals surface area contributed by atoms with Crippen LogP contribution in [0.3, 0.4) is 0 Å². The number of nitrogens with two attached hydrogens (primary N) is 1. The molecule has 0 fully saturated rings. The van der Waals surface area contributed by atoms with E-state index in [1.165, 1.54) is 0 Å². The Labute approximate surface area is 166 Å². The highest BCUT2D eigenvalue weighted by atomic mass is 16.7. The van der Waals surface area contributed by atoms with Crippen molar-refractivity contribution in [3.8, 4) is 0 Å². The molecule has 6 heteroatoms. The van der Waals surface area contributed by atoms with E-state index >= 15 is 0 Å². The first-order valence-corrected chi connectivity index (χ1v) is 9.99. The third-order valence-electron chi connectivity index (χ3n) is 3.93. The number of hydrogen-bond acceptors (Lipinski definition) is 6. The minimum absolute atomic E-state index is 0.0813. The van der Waals surface area contributed by atoms with Gasteiger partial charge < -0.3 is 24.7 Å². The van der Waals surface area contributed by atoms with E-state index in [2.05, 4.69) is 0 Å². The van der Waals surface area contributed by atoms with Crippen molar-refractivity contribution in [2.24, 2.45) is 5.73 Å². The van der Waals surface area contributed by atoms with Gasteiger partial charge in [-0.25, -0.2) is 4.79 Å². The van der Waals surface area contributed by atoms with Crippen molar-refractivity contribution in [1.82, 2.24) is 0 Å². The maximum atomic E-state index is 12.1. The molecular weight excluding hydrogens is 346 g/mol. The van der Waals surface area contributed by atoms with Crippen LogP contribution in [0.5, 0.6) is 0 Å². The van der Waals surface area contributed by atoms with Gasteiger partial charge in [0.15, 0.2) is 0 Å². The molecule has 0 aliphatic rings. The summed E-state index contributed by atoms with van der Waals surface area (Å²) in [4.78, 5) is 12.1. The summed E-state index contributed by atoms with van der Waals surface area (Å²) in [6, 6.07) is 0. The first kappa shape index (κ1) is 26.1. The van der Waals surface area contributed by atoms with Gasteiger partial charge in [0.1, 0.15) is 11.7 Å². The predicted octanol–water partition coefficient (Wildman–Crippen LogP) is 4.82. The quantitative estimate of drug-likeness (QED) is 0.482. The van der Waals surface area contributed by atoms with E-state index in [1.54, 1.807) is 0 Å². The Hall–Kier alpha value is -0.850. The zero-order valence-electron chi connectivity index (χ0n) is 19.2. The fraction of sp³-hybridized carbons (Fsp3) is 0.952. The molecule has 27 heavy (non-hydrogen) atoms. The molecule has 2 unspecified atom stereocenters. The van der Waals surface area contributed by atoms with Gasteiger partial charge in [-0.15, -0.1) is 0 Å². The van der Waals surface area contributed by atoms with E-state index in [4.69, 9.17) is 24.7 Å². The Morgan fingerprint density at radius 1 is 0.889 bits per heavy atom. The summed E-state index contributed by atoms with van der Waals surface area (Å²) in [5, 5.41) is 0. The van der Waals surface area contributed by atoms with Crippen LogP contribution in [-0.2, 0) is 18.9 Å². The Bertz CT molecular complexity index is 440. The van der Waals surface area contributed by atoms with Gasteiger partial charge in [0.2, 0.25) is 0 Å². The smallest absolute Gasteiger partial charge is 0.431 e. The Morgan fingerprint density at radius 3 is 1.93 bits per heavy atom. The summed E-state index contributed by atoms with van der Waals surface area (Å²) in [5.74, 6) is 0. The fourth-order valence-electron chi connectivity index (χ4n) is 3.12. The maximum absolute atomic E-state index is 12.1. The molecular formula is C21H43NO5. The van der Waals surface area contributed by atoms with Crippen LogP contribution in [0.2, 0.25) is 0 Å². The molecule has 0 aliphatic carbocycles. The Morgan fingerprint density at radius 2 is 1.44 bits per heavy atom. The van der Waals surface area contributed by atoms with Crippen molar-refractivity contribution in [2.45, 2.75) is 124 Å². The van der Waals surface area contributed by atoms with Gasteiger partial charge in [-0.05, 0) is 75.7 Å². The SMILES string of the molecule is CC(C)OCCC(C)(C)OC(C)CC(C)(C)OC(=O)OC(C)CC(C)(C)N. The molecule has 0 aromatic rings. The van der Waals surface area contributed by atoms with Crippen LogP contribution in [-0.4, -0.2) is 47.8 Å². The summed E-state index contributed by atoms with van der Waals surface area (Å²) >= 11 is 0. The van der Waals surface area contributed by atoms with Gasteiger partial charge in [0.25, 0.3) is 0 Å². The van der Waals surface area contributed by atoms with Gasteiger partial charge in [0.05, 0.1) is 17.8 Å². The normalized spacial score (nSPS) is 15.6. The first-order valence-electron chi connectivity index (χ1n) is 9.99. The van der Waals surface area contributed by atoms with Gasteiger partial charge in [-0.3, -0.25) is 0 Å². The molecule has 6 nitrogen and oxygen atoms in total. The standard InChI is InChI=1S/C21H43NO5/c1-15(2)24-12-11-20(7,8)26-17(4)14-21(9,10)27-18(23)25-16(3)13-19(5,6)22/h15-17H,11-14,22H2,1-10H3. The van der Waals surface area contributed by atoms with Crippen molar-refractivity contribution in [2.75, 3.05) is 6.61 Å². The van der Waals surface area contributed by atoms with Crippen LogP contribution >= 0.6 is 0 Å². The molecule has 0 bridgehead atoms. The highest BCUT2D eigenvalue weighted by Gasteiger charge is 2.31. The molecule has 162 valence electrons. The second-order valence-electron chi connectivity index (χ2n) is 9.79. The van der Waals surface area contributed by atoms with Crippen molar-refractivity contribution in [1.29, 1.82) is 0 Å². The second kappa shape index (κ2) is 10.6. The summed E-state index contributed by atoms with van der Waals surface area (Å²) in [6.45, 7) is 20.1. The van der Waals surface area contributed by atoms with E-state index in [0.717, 1.165) is 6.42 Å². The lowest BCUT2D eigenvalue weighted by molar-refractivity contribution is -0.112. The molecule has 0 saturated carbocycles. The number of carbonyl (C=O) groups is 1. The molecule has 2 N–H and O–H groups in total. The van der Waals surface area contributed by atoms with E-state index in [0.29, 0.717) is 19.4 Å². The van der Waals surface area contributed by atoms with Crippen LogP contribution in [0.4, 0.5) is 4.79 Å². The molecule has 0 amide bonds. The highest BCUT2D eigenvalue weighted by molar-refractivity contribution is 5.60. The molecule has 0 saturated heterocycles. The summed E-state index contributed by atoms with van der Waals surface area (Å²) in [6.07, 6.45) is 1.08. The molecule has 2 atom stereocenters. The molecule has 0 aliphatic heterocycles. The molecule has 0 radical (unpaired) electrons. The van der Waals surface area contributed by atoms with Crippen molar-refractivity contribution < 1.29 is 23.7 Å². The fourth-order valence-corrected chi connectivity index (χ4v) is 3.12. The van der Waals surface area contributed by atoms with Crippen molar-refractivity contribution >= 4 is 6.16 Å². The highest BCUT2D eigenvalue weighted by Crippen LogP contribution is 2.25.